The maximum atomic E-state index is 10.1. The highest BCUT2D eigenvalue weighted by molar-refractivity contribution is 7.95. The van der Waals surface area contributed by atoms with Crippen LogP contribution in [0.3, 0.4) is 0 Å². The fraction of sp³-hybridized carbons (Fsp3) is 0.800. The van der Waals surface area contributed by atoms with E-state index < -0.39 is 0 Å². The molecular formula is C5H11NO2S. The van der Waals surface area contributed by atoms with Crippen LogP contribution < -0.4 is 5.73 Å². The monoisotopic (exact) mass is 149 g/mol. The normalized spacial score (nSPS) is 9.11. The molecule has 54 valence electrons. The summed E-state index contributed by atoms with van der Waals surface area (Å²) in [7, 11) is 0. The summed E-state index contributed by atoms with van der Waals surface area (Å²) < 4.78 is 4.57. The Balaban J connectivity index is 2.83. The lowest BCUT2D eigenvalue weighted by atomic mass is 10.5. The molecule has 0 saturated heterocycles. The van der Waals surface area contributed by atoms with Crippen LogP contribution in [-0.4, -0.2) is 18.3 Å². The van der Waals surface area contributed by atoms with E-state index in [-0.39, 0.29) is 5.97 Å². The van der Waals surface area contributed by atoms with Gasteiger partial charge in [-0.2, -0.15) is 0 Å². The molecule has 0 aromatic carbocycles. The molecule has 0 rings (SSSR count). The molecule has 0 unspecified atom stereocenters. The largest absolute Gasteiger partial charge is 0.392 e. The van der Waals surface area contributed by atoms with Gasteiger partial charge in [-0.3, -0.25) is 4.79 Å². The van der Waals surface area contributed by atoms with Crippen LogP contribution in [0.15, 0.2) is 0 Å². The minimum absolute atomic E-state index is 0.253. The maximum absolute atomic E-state index is 10.1. The van der Waals surface area contributed by atoms with Crippen molar-refractivity contribution in [1.82, 2.24) is 0 Å². The minimum Gasteiger partial charge on any atom is -0.392 e. The number of carbonyl (C=O) groups is 1. The van der Waals surface area contributed by atoms with Gasteiger partial charge in [0.15, 0.2) is 0 Å². The third-order valence-corrected chi connectivity index (χ3v) is 1.42. The van der Waals surface area contributed by atoms with Crippen molar-refractivity contribution in [3.63, 3.8) is 0 Å². The molecule has 0 aromatic rings. The van der Waals surface area contributed by atoms with Crippen LogP contribution in [0.5, 0.6) is 0 Å². The van der Waals surface area contributed by atoms with Gasteiger partial charge in [0.25, 0.3) is 0 Å². The Kier molecular flexibility index (Phi) is 5.76. The van der Waals surface area contributed by atoms with Crippen molar-refractivity contribution < 1.29 is 8.98 Å². The average Bonchev–Trinajstić information content (AvgIpc) is 1.80. The molecule has 9 heavy (non-hydrogen) atoms. The van der Waals surface area contributed by atoms with Crippen LogP contribution in [0.25, 0.3) is 0 Å². The number of hydrogen-bond acceptors (Lipinski definition) is 4. The van der Waals surface area contributed by atoms with E-state index in [0.29, 0.717) is 6.54 Å². The Morgan fingerprint density at radius 3 is 2.89 bits per heavy atom. The molecule has 0 aliphatic carbocycles. The van der Waals surface area contributed by atoms with Crippen LogP contribution in [-0.2, 0) is 8.98 Å². The van der Waals surface area contributed by atoms with Crippen molar-refractivity contribution in [2.75, 3.05) is 12.3 Å². The first-order chi connectivity index (χ1) is 4.27. The molecule has 0 fully saturated rings. The number of carbonyl (C=O) groups excluding carboxylic acids is 1. The summed E-state index contributed by atoms with van der Waals surface area (Å²) in [6.07, 6.45) is 0.887. The van der Waals surface area contributed by atoms with Gasteiger partial charge in [0, 0.05) is 12.7 Å². The summed E-state index contributed by atoms with van der Waals surface area (Å²) in [5, 5.41) is 0. The minimum atomic E-state index is -0.253. The van der Waals surface area contributed by atoms with E-state index in [0.717, 1.165) is 24.2 Å². The molecule has 3 nitrogen and oxygen atoms in total. The van der Waals surface area contributed by atoms with Crippen LogP contribution in [0.1, 0.15) is 13.3 Å². The van der Waals surface area contributed by atoms with Gasteiger partial charge >= 0.3 is 5.97 Å². The second-order valence-electron chi connectivity index (χ2n) is 1.54. The van der Waals surface area contributed by atoms with E-state index in [1.54, 1.807) is 0 Å². The summed E-state index contributed by atoms with van der Waals surface area (Å²) >= 11 is 1.16. The molecule has 0 saturated carbocycles. The first-order valence-corrected chi connectivity index (χ1v) is 3.68. The van der Waals surface area contributed by atoms with Crippen molar-refractivity contribution in [2.24, 2.45) is 5.73 Å². The molecule has 0 heterocycles. The van der Waals surface area contributed by atoms with E-state index >= 15 is 0 Å². The fourth-order valence-corrected chi connectivity index (χ4v) is 0.801. The molecular weight excluding hydrogens is 138 g/mol. The Hall–Kier alpha value is -0.220. The van der Waals surface area contributed by atoms with E-state index in [1.165, 1.54) is 6.92 Å². The highest BCUT2D eigenvalue weighted by atomic mass is 32.2. The fourth-order valence-electron chi connectivity index (χ4n) is 0.267. The Labute approximate surface area is 59.1 Å². The molecule has 0 amide bonds. The molecule has 0 atom stereocenters. The zero-order valence-electron chi connectivity index (χ0n) is 5.42. The van der Waals surface area contributed by atoms with Gasteiger partial charge in [-0.05, 0) is 13.0 Å². The lowest BCUT2D eigenvalue weighted by Crippen LogP contribution is -2.00. The van der Waals surface area contributed by atoms with Gasteiger partial charge < -0.3 is 9.92 Å². The van der Waals surface area contributed by atoms with Gasteiger partial charge in [-0.25, -0.2) is 0 Å². The summed E-state index contributed by atoms with van der Waals surface area (Å²) in [4.78, 5) is 10.1. The van der Waals surface area contributed by atoms with Gasteiger partial charge in [-0.1, -0.05) is 0 Å². The van der Waals surface area contributed by atoms with Crippen molar-refractivity contribution >= 4 is 18.0 Å². The molecule has 0 aliphatic heterocycles. The molecule has 4 heteroatoms. The predicted octanol–water partition coefficient (Wildman–Crippen LogP) is 0.547. The number of rotatable bonds is 4. The highest BCUT2D eigenvalue weighted by Gasteiger charge is 1.91. The van der Waals surface area contributed by atoms with E-state index in [4.69, 9.17) is 5.73 Å². The molecule has 0 radical (unpaired) electrons. The maximum Gasteiger partial charge on any atom is 0.314 e. The zero-order chi connectivity index (χ0) is 7.11. The highest BCUT2D eigenvalue weighted by Crippen LogP contribution is 2.02. The quantitative estimate of drug-likeness (QED) is 0.468. The lowest BCUT2D eigenvalue weighted by Gasteiger charge is -1.95. The van der Waals surface area contributed by atoms with E-state index in [1.807, 2.05) is 0 Å². The van der Waals surface area contributed by atoms with Crippen molar-refractivity contribution in [2.45, 2.75) is 13.3 Å². The second kappa shape index (κ2) is 5.91. The van der Waals surface area contributed by atoms with E-state index in [9.17, 15) is 4.79 Å². The molecule has 0 aromatic heterocycles. The average molecular weight is 149 g/mol. The summed E-state index contributed by atoms with van der Waals surface area (Å²) in [5.41, 5.74) is 5.19. The van der Waals surface area contributed by atoms with Crippen molar-refractivity contribution in [3.05, 3.63) is 0 Å². The lowest BCUT2D eigenvalue weighted by molar-refractivity contribution is -0.130. The SMILES string of the molecule is CC(=O)OSCCCN. The van der Waals surface area contributed by atoms with Gasteiger partial charge in [0.1, 0.15) is 0 Å². The predicted molar refractivity (Wildman–Crippen MR) is 37.9 cm³/mol. The first-order valence-electron chi connectivity index (χ1n) is 2.77. The smallest absolute Gasteiger partial charge is 0.314 e. The number of nitrogens with two attached hydrogens (primary N) is 1. The third-order valence-electron chi connectivity index (χ3n) is 0.608. The Morgan fingerprint density at radius 2 is 2.44 bits per heavy atom. The van der Waals surface area contributed by atoms with E-state index in [2.05, 4.69) is 4.18 Å². The van der Waals surface area contributed by atoms with Crippen LogP contribution in [0.2, 0.25) is 0 Å². The van der Waals surface area contributed by atoms with Crippen LogP contribution >= 0.6 is 12.0 Å². The second-order valence-corrected chi connectivity index (χ2v) is 2.35. The summed E-state index contributed by atoms with van der Waals surface area (Å²) in [5.74, 6) is 0.535. The molecule has 0 bridgehead atoms. The Bertz CT molecular complexity index is 87.0. The standard InChI is InChI=1S/C5H11NO2S/c1-5(7)8-9-4-2-3-6/h2-4,6H2,1H3. The summed E-state index contributed by atoms with van der Waals surface area (Å²) in [6, 6.07) is 0. The first kappa shape index (κ1) is 8.78. The van der Waals surface area contributed by atoms with Gasteiger partial charge in [0.2, 0.25) is 0 Å². The van der Waals surface area contributed by atoms with Crippen LogP contribution in [0, 0.1) is 0 Å². The van der Waals surface area contributed by atoms with Gasteiger partial charge in [0.05, 0.1) is 12.0 Å². The zero-order valence-corrected chi connectivity index (χ0v) is 6.24. The van der Waals surface area contributed by atoms with Crippen molar-refractivity contribution in [1.29, 1.82) is 0 Å². The van der Waals surface area contributed by atoms with Crippen molar-refractivity contribution in [3.8, 4) is 0 Å². The number of hydrogen-bond donors (Lipinski definition) is 1. The molecule has 0 spiro atoms. The topological polar surface area (TPSA) is 52.3 Å². The van der Waals surface area contributed by atoms with Gasteiger partial charge in [-0.15, -0.1) is 0 Å². The summed E-state index contributed by atoms with van der Waals surface area (Å²) in [6.45, 7) is 2.03. The molecule has 2 N–H and O–H groups in total. The Morgan fingerprint density at radius 1 is 1.78 bits per heavy atom. The third kappa shape index (κ3) is 7.78. The molecule has 0 aliphatic rings. The van der Waals surface area contributed by atoms with Crippen LogP contribution in [0.4, 0.5) is 0 Å².